The molecule has 0 atom stereocenters. The van der Waals surface area contributed by atoms with Crippen molar-refractivity contribution in [3.8, 4) is 0 Å². The Morgan fingerprint density at radius 1 is 1.26 bits per heavy atom. The Kier molecular flexibility index (Phi) is 3.89. The van der Waals surface area contributed by atoms with Gasteiger partial charge in [0.05, 0.1) is 11.0 Å². The number of hydrogen-bond donors (Lipinski definition) is 0. The molecule has 120 valence electrons. The fraction of sp³-hybridized carbons (Fsp3) is 0.214. The van der Waals surface area contributed by atoms with Crippen LogP contribution in [-0.4, -0.2) is 18.7 Å². The molecule has 0 unspecified atom stereocenters. The first-order valence-electron chi connectivity index (χ1n) is 6.57. The monoisotopic (exact) mass is 400 g/mol. The molecule has 0 radical (unpaired) electrons. The van der Waals surface area contributed by atoms with Gasteiger partial charge in [-0.05, 0) is 45.2 Å². The molecule has 1 aromatic carbocycles. The third-order valence-electron chi connectivity index (χ3n) is 3.63. The lowest BCUT2D eigenvalue weighted by Gasteiger charge is -2.08. The SMILES string of the molecule is Cn1c(=O)c2c(nc(Cl)n2Cc2ccc(F)c(Br)c2)n(C)c1=O. The third kappa shape index (κ3) is 2.51. The first kappa shape index (κ1) is 15.9. The van der Waals surface area contributed by atoms with Gasteiger partial charge in [-0.15, -0.1) is 0 Å². The number of halogens is 3. The Hall–Kier alpha value is -1.93. The van der Waals surface area contributed by atoms with E-state index in [-0.39, 0.29) is 28.8 Å². The second kappa shape index (κ2) is 5.61. The number of benzene rings is 1. The predicted octanol–water partition coefficient (Wildman–Crippen LogP) is 2.04. The lowest BCUT2D eigenvalue weighted by molar-refractivity contribution is 0.619. The van der Waals surface area contributed by atoms with Gasteiger partial charge in [0.25, 0.3) is 5.56 Å². The maximum Gasteiger partial charge on any atom is 0.332 e. The Morgan fingerprint density at radius 2 is 1.96 bits per heavy atom. The molecule has 0 amide bonds. The van der Waals surface area contributed by atoms with E-state index in [0.717, 1.165) is 10.1 Å². The zero-order valence-corrected chi connectivity index (χ0v) is 14.5. The molecule has 0 saturated heterocycles. The molecular formula is C14H11BrClFN4O2. The number of rotatable bonds is 2. The van der Waals surface area contributed by atoms with Crippen LogP contribution in [0, 0.1) is 5.82 Å². The summed E-state index contributed by atoms with van der Waals surface area (Å²) in [4.78, 5) is 28.5. The van der Waals surface area contributed by atoms with E-state index in [0.29, 0.717) is 4.47 Å². The molecule has 3 aromatic rings. The normalized spacial score (nSPS) is 11.3. The largest absolute Gasteiger partial charge is 0.332 e. The van der Waals surface area contributed by atoms with E-state index in [4.69, 9.17) is 11.6 Å². The molecule has 2 heterocycles. The molecule has 9 heteroatoms. The summed E-state index contributed by atoms with van der Waals surface area (Å²) in [6, 6.07) is 4.51. The topological polar surface area (TPSA) is 61.8 Å². The van der Waals surface area contributed by atoms with Crippen LogP contribution in [0.3, 0.4) is 0 Å². The van der Waals surface area contributed by atoms with Crippen molar-refractivity contribution in [2.45, 2.75) is 6.54 Å². The van der Waals surface area contributed by atoms with Gasteiger partial charge in [-0.25, -0.2) is 9.18 Å². The van der Waals surface area contributed by atoms with Crippen molar-refractivity contribution in [1.82, 2.24) is 18.7 Å². The lowest BCUT2D eigenvalue weighted by atomic mass is 10.2. The van der Waals surface area contributed by atoms with E-state index < -0.39 is 11.2 Å². The summed E-state index contributed by atoms with van der Waals surface area (Å²) in [5.41, 5.74) is 0.205. The molecule has 3 rings (SSSR count). The zero-order valence-electron chi connectivity index (χ0n) is 12.2. The average Bonchev–Trinajstić information content (AvgIpc) is 2.84. The molecular weight excluding hydrogens is 391 g/mol. The average molecular weight is 402 g/mol. The van der Waals surface area contributed by atoms with Gasteiger partial charge >= 0.3 is 5.69 Å². The van der Waals surface area contributed by atoms with Gasteiger partial charge in [0.2, 0.25) is 5.28 Å². The quantitative estimate of drug-likeness (QED) is 0.617. The summed E-state index contributed by atoms with van der Waals surface area (Å²) in [6.07, 6.45) is 0. The number of aryl methyl sites for hydroxylation is 1. The summed E-state index contributed by atoms with van der Waals surface area (Å²) in [7, 11) is 2.91. The van der Waals surface area contributed by atoms with Crippen molar-refractivity contribution in [2.75, 3.05) is 0 Å². The predicted molar refractivity (Wildman–Crippen MR) is 88.4 cm³/mol. The van der Waals surface area contributed by atoms with Crippen molar-refractivity contribution >= 4 is 38.7 Å². The Labute approximate surface area is 142 Å². The molecule has 23 heavy (non-hydrogen) atoms. The highest BCUT2D eigenvalue weighted by Gasteiger charge is 2.18. The fourth-order valence-corrected chi connectivity index (χ4v) is 3.04. The number of aromatic nitrogens is 4. The fourth-order valence-electron chi connectivity index (χ4n) is 2.38. The molecule has 0 aliphatic heterocycles. The number of hydrogen-bond acceptors (Lipinski definition) is 3. The molecule has 0 aliphatic carbocycles. The highest BCUT2D eigenvalue weighted by Crippen LogP contribution is 2.21. The van der Waals surface area contributed by atoms with E-state index in [1.54, 1.807) is 12.1 Å². The summed E-state index contributed by atoms with van der Waals surface area (Å²) in [6.45, 7) is 0.224. The zero-order chi connectivity index (χ0) is 16.9. The van der Waals surface area contributed by atoms with Crippen LogP contribution in [0.5, 0.6) is 0 Å². The number of nitrogens with zero attached hydrogens (tertiary/aromatic N) is 4. The van der Waals surface area contributed by atoms with Gasteiger partial charge in [-0.1, -0.05) is 6.07 Å². The van der Waals surface area contributed by atoms with Crippen molar-refractivity contribution in [2.24, 2.45) is 14.1 Å². The Morgan fingerprint density at radius 3 is 2.61 bits per heavy atom. The molecule has 6 nitrogen and oxygen atoms in total. The van der Waals surface area contributed by atoms with Crippen LogP contribution in [0.4, 0.5) is 4.39 Å². The first-order valence-corrected chi connectivity index (χ1v) is 7.74. The highest BCUT2D eigenvalue weighted by atomic mass is 79.9. The van der Waals surface area contributed by atoms with Gasteiger partial charge in [0.1, 0.15) is 5.82 Å². The van der Waals surface area contributed by atoms with Crippen LogP contribution in [0.1, 0.15) is 5.56 Å². The van der Waals surface area contributed by atoms with E-state index >= 15 is 0 Å². The van der Waals surface area contributed by atoms with Gasteiger partial charge in [0.15, 0.2) is 11.2 Å². The highest BCUT2D eigenvalue weighted by molar-refractivity contribution is 9.10. The Balaban J connectivity index is 2.26. The van der Waals surface area contributed by atoms with Crippen molar-refractivity contribution in [3.05, 3.63) is 60.2 Å². The van der Waals surface area contributed by atoms with Crippen molar-refractivity contribution in [3.63, 3.8) is 0 Å². The molecule has 2 aromatic heterocycles. The molecule has 0 fully saturated rings. The molecule has 0 bridgehead atoms. The molecule has 0 spiro atoms. The smallest absolute Gasteiger partial charge is 0.304 e. The maximum atomic E-state index is 13.3. The minimum Gasteiger partial charge on any atom is -0.304 e. The van der Waals surface area contributed by atoms with Crippen LogP contribution in [0.2, 0.25) is 5.28 Å². The Bertz CT molecular complexity index is 1050. The first-order chi connectivity index (χ1) is 10.8. The van der Waals surface area contributed by atoms with Crippen molar-refractivity contribution in [1.29, 1.82) is 0 Å². The minimum atomic E-state index is -0.483. The van der Waals surface area contributed by atoms with Crippen molar-refractivity contribution < 1.29 is 4.39 Å². The second-order valence-corrected chi connectivity index (χ2v) is 6.29. The van der Waals surface area contributed by atoms with Crippen LogP contribution < -0.4 is 11.2 Å². The lowest BCUT2D eigenvalue weighted by Crippen LogP contribution is -2.37. The van der Waals surface area contributed by atoms with Gasteiger partial charge in [-0.3, -0.25) is 13.9 Å². The van der Waals surface area contributed by atoms with E-state index in [1.807, 2.05) is 0 Å². The summed E-state index contributed by atoms with van der Waals surface area (Å²) < 4.78 is 17.4. The van der Waals surface area contributed by atoms with Crippen LogP contribution in [0.25, 0.3) is 11.2 Å². The van der Waals surface area contributed by atoms with E-state index in [1.165, 1.54) is 29.3 Å². The van der Waals surface area contributed by atoms with Gasteiger partial charge < -0.3 is 4.57 Å². The van der Waals surface area contributed by atoms with Crippen LogP contribution in [-0.2, 0) is 20.6 Å². The summed E-state index contributed by atoms with van der Waals surface area (Å²) >= 11 is 9.26. The molecule has 0 saturated carbocycles. The maximum absolute atomic E-state index is 13.3. The van der Waals surface area contributed by atoms with Crippen LogP contribution in [0.15, 0.2) is 32.3 Å². The van der Waals surface area contributed by atoms with Gasteiger partial charge in [-0.2, -0.15) is 4.98 Å². The standard InChI is InChI=1S/C14H11BrClFN4O2/c1-19-11-10(12(22)20(2)14(19)23)21(13(16)18-11)6-7-3-4-9(17)8(15)5-7/h3-5H,6H2,1-2H3. The third-order valence-corrected chi connectivity index (χ3v) is 4.52. The second-order valence-electron chi connectivity index (χ2n) is 5.09. The minimum absolute atomic E-state index is 0.0822. The number of imidazole rings is 1. The van der Waals surface area contributed by atoms with E-state index in [9.17, 15) is 14.0 Å². The van der Waals surface area contributed by atoms with E-state index in [2.05, 4.69) is 20.9 Å². The van der Waals surface area contributed by atoms with Gasteiger partial charge in [0, 0.05) is 14.1 Å². The van der Waals surface area contributed by atoms with Crippen LogP contribution >= 0.6 is 27.5 Å². The molecule has 0 aliphatic rings. The summed E-state index contributed by atoms with van der Waals surface area (Å²) in [5, 5.41) is 0.0822. The summed E-state index contributed by atoms with van der Waals surface area (Å²) in [5.74, 6) is -0.381. The molecule has 0 N–H and O–H groups in total. The number of fused-ring (bicyclic) bond motifs is 1.